The van der Waals surface area contributed by atoms with E-state index in [1.54, 1.807) is 43.0 Å². The van der Waals surface area contributed by atoms with E-state index in [9.17, 15) is 9.59 Å². The molecule has 2 aromatic heterocycles. The first-order valence-electron chi connectivity index (χ1n) is 8.44. The van der Waals surface area contributed by atoms with E-state index in [2.05, 4.69) is 10.4 Å². The molecule has 4 aromatic rings. The van der Waals surface area contributed by atoms with Gasteiger partial charge in [0.2, 0.25) is 0 Å². The fourth-order valence-corrected chi connectivity index (χ4v) is 2.97. The standard InChI is InChI=1S/C20H18N4O3/c1-12-4-6-13(7-5-12)16-11-15(22-24(16)3)19(25)21-14-8-9-18-17(10-14)23(2)20(26)27-18/h4-11H,1-3H3,(H,21,25). The summed E-state index contributed by atoms with van der Waals surface area (Å²) in [5, 5.41) is 7.14. The van der Waals surface area contributed by atoms with E-state index in [0.29, 0.717) is 22.5 Å². The number of hydrogen-bond acceptors (Lipinski definition) is 4. The maximum Gasteiger partial charge on any atom is 0.419 e. The van der Waals surface area contributed by atoms with Gasteiger partial charge in [-0.2, -0.15) is 5.10 Å². The first-order valence-corrected chi connectivity index (χ1v) is 8.44. The van der Waals surface area contributed by atoms with Gasteiger partial charge in [-0.05, 0) is 36.8 Å². The lowest BCUT2D eigenvalue weighted by Crippen LogP contribution is -2.13. The molecule has 0 fully saturated rings. The summed E-state index contributed by atoms with van der Waals surface area (Å²) < 4.78 is 8.17. The van der Waals surface area contributed by atoms with Crippen LogP contribution in [0.5, 0.6) is 0 Å². The number of anilines is 1. The van der Waals surface area contributed by atoms with E-state index in [0.717, 1.165) is 11.3 Å². The van der Waals surface area contributed by atoms with Crippen molar-refractivity contribution in [3.05, 3.63) is 70.3 Å². The van der Waals surface area contributed by atoms with Gasteiger partial charge < -0.3 is 9.73 Å². The Kier molecular flexibility index (Phi) is 3.92. The van der Waals surface area contributed by atoms with Gasteiger partial charge in [0.05, 0.1) is 11.2 Å². The molecule has 0 aliphatic carbocycles. The molecule has 1 N–H and O–H groups in total. The van der Waals surface area contributed by atoms with E-state index in [1.807, 2.05) is 31.2 Å². The normalized spacial score (nSPS) is 11.1. The van der Waals surface area contributed by atoms with Crippen LogP contribution >= 0.6 is 0 Å². The Morgan fingerprint density at radius 2 is 1.81 bits per heavy atom. The van der Waals surface area contributed by atoms with Gasteiger partial charge in [-0.1, -0.05) is 29.8 Å². The molecule has 0 aliphatic heterocycles. The average Bonchev–Trinajstić information content (AvgIpc) is 3.17. The number of hydrogen-bond donors (Lipinski definition) is 1. The minimum absolute atomic E-state index is 0.314. The van der Waals surface area contributed by atoms with E-state index in [1.165, 1.54) is 10.1 Å². The maximum absolute atomic E-state index is 12.6. The summed E-state index contributed by atoms with van der Waals surface area (Å²) in [5.74, 6) is -0.766. The largest absolute Gasteiger partial charge is 0.419 e. The van der Waals surface area contributed by atoms with Crippen molar-refractivity contribution in [2.45, 2.75) is 6.92 Å². The predicted octanol–water partition coefficient (Wildman–Crippen LogP) is 3.09. The summed E-state index contributed by atoms with van der Waals surface area (Å²) in [6.45, 7) is 2.03. The number of aromatic nitrogens is 3. The molecule has 7 heteroatoms. The quantitative estimate of drug-likeness (QED) is 0.607. The number of nitrogens with one attached hydrogen (secondary N) is 1. The van der Waals surface area contributed by atoms with Gasteiger partial charge in [0.25, 0.3) is 5.91 Å². The number of carbonyl (C=O) groups is 1. The van der Waals surface area contributed by atoms with Crippen molar-refractivity contribution in [3.8, 4) is 11.3 Å². The Morgan fingerprint density at radius 3 is 2.56 bits per heavy atom. The second kappa shape index (κ2) is 6.28. The highest BCUT2D eigenvalue weighted by atomic mass is 16.4. The summed E-state index contributed by atoms with van der Waals surface area (Å²) in [5.41, 5.74) is 4.97. The van der Waals surface area contributed by atoms with Crippen molar-refractivity contribution in [2.24, 2.45) is 14.1 Å². The molecule has 27 heavy (non-hydrogen) atoms. The molecule has 2 heterocycles. The third-order valence-electron chi connectivity index (χ3n) is 4.51. The van der Waals surface area contributed by atoms with Crippen molar-refractivity contribution in [1.29, 1.82) is 0 Å². The van der Waals surface area contributed by atoms with Crippen LogP contribution in [0.3, 0.4) is 0 Å². The Morgan fingerprint density at radius 1 is 1.07 bits per heavy atom. The van der Waals surface area contributed by atoms with Crippen LogP contribution in [0.4, 0.5) is 5.69 Å². The lowest BCUT2D eigenvalue weighted by molar-refractivity contribution is 0.102. The summed E-state index contributed by atoms with van der Waals surface area (Å²) in [6, 6.07) is 14.8. The number of amides is 1. The van der Waals surface area contributed by atoms with Gasteiger partial charge >= 0.3 is 5.76 Å². The van der Waals surface area contributed by atoms with Crippen molar-refractivity contribution < 1.29 is 9.21 Å². The van der Waals surface area contributed by atoms with Crippen LogP contribution in [-0.2, 0) is 14.1 Å². The highest BCUT2D eigenvalue weighted by Gasteiger charge is 2.15. The lowest BCUT2D eigenvalue weighted by atomic mass is 10.1. The number of fused-ring (bicyclic) bond motifs is 1. The fraction of sp³-hybridized carbons (Fsp3) is 0.150. The van der Waals surface area contributed by atoms with Crippen LogP contribution in [0.15, 0.2) is 57.7 Å². The molecule has 2 aromatic carbocycles. The molecule has 0 atom stereocenters. The van der Waals surface area contributed by atoms with Crippen molar-refractivity contribution in [3.63, 3.8) is 0 Å². The highest BCUT2D eigenvalue weighted by Crippen LogP contribution is 2.22. The Balaban J connectivity index is 1.62. The number of nitrogens with zero attached hydrogens (tertiary/aromatic N) is 3. The number of oxazole rings is 1. The van der Waals surface area contributed by atoms with Gasteiger partial charge in [-0.3, -0.25) is 14.0 Å². The van der Waals surface area contributed by atoms with Crippen LogP contribution in [0.2, 0.25) is 0 Å². The molecule has 0 saturated heterocycles. The summed E-state index contributed by atoms with van der Waals surface area (Å²) in [6.07, 6.45) is 0. The van der Waals surface area contributed by atoms with E-state index >= 15 is 0 Å². The van der Waals surface area contributed by atoms with Crippen molar-refractivity contribution in [2.75, 3.05) is 5.32 Å². The predicted molar refractivity (Wildman–Crippen MR) is 103 cm³/mol. The molecule has 7 nitrogen and oxygen atoms in total. The molecule has 4 rings (SSSR count). The molecule has 0 bridgehead atoms. The third-order valence-corrected chi connectivity index (χ3v) is 4.51. The molecule has 136 valence electrons. The average molecular weight is 362 g/mol. The zero-order chi connectivity index (χ0) is 19.1. The van der Waals surface area contributed by atoms with Crippen LogP contribution in [0.1, 0.15) is 16.1 Å². The smallest absolute Gasteiger partial charge is 0.408 e. The minimum atomic E-state index is -0.444. The van der Waals surface area contributed by atoms with E-state index in [4.69, 9.17) is 4.42 Å². The second-order valence-electron chi connectivity index (χ2n) is 6.47. The highest BCUT2D eigenvalue weighted by molar-refractivity contribution is 6.04. The Labute approximate surface area is 154 Å². The first-order chi connectivity index (χ1) is 12.9. The molecular weight excluding hydrogens is 344 g/mol. The van der Waals surface area contributed by atoms with Crippen LogP contribution < -0.4 is 11.1 Å². The lowest BCUT2D eigenvalue weighted by Gasteiger charge is -2.03. The monoisotopic (exact) mass is 362 g/mol. The second-order valence-corrected chi connectivity index (χ2v) is 6.47. The topological polar surface area (TPSA) is 82.1 Å². The number of carbonyl (C=O) groups excluding carboxylic acids is 1. The van der Waals surface area contributed by atoms with Gasteiger partial charge in [0.15, 0.2) is 11.3 Å². The molecule has 0 unspecified atom stereocenters. The third kappa shape index (κ3) is 3.03. The number of aryl methyl sites for hydroxylation is 3. The van der Waals surface area contributed by atoms with Gasteiger partial charge in [0.1, 0.15) is 0 Å². The van der Waals surface area contributed by atoms with E-state index < -0.39 is 5.76 Å². The first kappa shape index (κ1) is 16.8. The fourth-order valence-electron chi connectivity index (χ4n) is 2.97. The van der Waals surface area contributed by atoms with E-state index in [-0.39, 0.29) is 5.91 Å². The Bertz CT molecular complexity index is 1210. The summed E-state index contributed by atoms with van der Waals surface area (Å²) >= 11 is 0. The van der Waals surface area contributed by atoms with Crippen LogP contribution in [0.25, 0.3) is 22.4 Å². The van der Waals surface area contributed by atoms with Gasteiger partial charge in [-0.15, -0.1) is 0 Å². The molecule has 1 amide bonds. The zero-order valence-corrected chi connectivity index (χ0v) is 15.2. The molecule has 0 aliphatic rings. The SMILES string of the molecule is Cc1ccc(-c2cc(C(=O)Nc3ccc4oc(=O)n(C)c4c3)nn2C)cc1. The molecular formula is C20H18N4O3. The summed E-state index contributed by atoms with van der Waals surface area (Å²) in [7, 11) is 3.42. The number of rotatable bonds is 3. The van der Waals surface area contributed by atoms with Gasteiger partial charge in [-0.25, -0.2) is 4.79 Å². The van der Waals surface area contributed by atoms with Crippen LogP contribution in [0, 0.1) is 6.92 Å². The molecule has 0 radical (unpaired) electrons. The molecule has 0 saturated carbocycles. The Hall–Kier alpha value is -3.61. The van der Waals surface area contributed by atoms with Crippen LogP contribution in [-0.4, -0.2) is 20.3 Å². The molecule has 0 spiro atoms. The van der Waals surface area contributed by atoms with Gasteiger partial charge in [0, 0.05) is 19.8 Å². The zero-order valence-electron chi connectivity index (χ0n) is 15.2. The van der Waals surface area contributed by atoms with Crippen molar-refractivity contribution >= 4 is 22.7 Å². The number of benzene rings is 2. The maximum atomic E-state index is 12.6. The minimum Gasteiger partial charge on any atom is -0.408 e. The summed E-state index contributed by atoms with van der Waals surface area (Å²) in [4.78, 5) is 24.2. The van der Waals surface area contributed by atoms with Crippen molar-refractivity contribution in [1.82, 2.24) is 14.3 Å².